The van der Waals surface area contributed by atoms with Crippen molar-refractivity contribution in [1.29, 1.82) is 0 Å². The maximum Gasteiger partial charge on any atom is 0.331 e. The Morgan fingerprint density at radius 1 is 1.29 bits per heavy atom. The topological polar surface area (TPSA) is 76.3 Å². The fraction of sp³-hybridized carbons (Fsp3) is 0.467. The fourth-order valence-electron chi connectivity index (χ4n) is 3.00. The van der Waals surface area contributed by atoms with E-state index in [-0.39, 0.29) is 23.0 Å². The molecule has 112 valence electrons. The molecule has 2 heterocycles. The van der Waals surface area contributed by atoms with Crippen LogP contribution in [-0.2, 0) is 7.05 Å². The molecular weight excluding hydrogens is 270 g/mol. The summed E-state index contributed by atoms with van der Waals surface area (Å²) in [5, 5.41) is 13.3. The molecule has 1 aliphatic rings. The first kappa shape index (κ1) is 13.9. The highest BCUT2D eigenvalue weighted by molar-refractivity contribution is 5.79. The molecule has 1 saturated heterocycles. The summed E-state index contributed by atoms with van der Waals surface area (Å²) in [6.45, 7) is 1.56. The van der Waals surface area contributed by atoms with Crippen LogP contribution in [0.4, 0.5) is 0 Å². The molecular formula is C15H19N3O3. The number of aryl methyl sites for hydroxylation is 1. The highest BCUT2D eigenvalue weighted by Crippen LogP contribution is 2.18. The Kier molecular flexibility index (Phi) is 3.55. The van der Waals surface area contributed by atoms with E-state index in [1.807, 2.05) is 0 Å². The van der Waals surface area contributed by atoms with Gasteiger partial charge in [-0.1, -0.05) is 6.42 Å². The summed E-state index contributed by atoms with van der Waals surface area (Å²) in [7, 11) is 1.63. The van der Waals surface area contributed by atoms with Crippen molar-refractivity contribution in [3.05, 3.63) is 39.0 Å². The average molecular weight is 289 g/mol. The van der Waals surface area contributed by atoms with E-state index in [1.165, 1.54) is 21.3 Å². The summed E-state index contributed by atoms with van der Waals surface area (Å²) in [5.41, 5.74) is -0.142. The maximum atomic E-state index is 12.7. The lowest BCUT2D eigenvalue weighted by Gasteiger charge is -2.19. The molecule has 0 saturated carbocycles. The molecule has 2 N–H and O–H groups in total. The van der Waals surface area contributed by atoms with E-state index in [4.69, 9.17) is 0 Å². The fourth-order valence-corrected chi connectivity index (χ4v) is 3.00. The summed E-state index contributed by atoms with van der Waals surface area (Å²) < 4.78 is 2.79. The van der Waals surface area contributed by atoms with Crippen molar-refractivity contribution in [2.24, 2.45) is 7.05 Å². The highest BCUT2D eigenvalue weighted by atomic mass is 16.3. The van der Waals surface area contributed by atoms with Crippen molar-refractivity contribution in [3.8, 4) is 5.75 Å². The maximum absolute atomic E-state index is 12.7. The van der Waals surface area contributed by atoms with Crippen LogP contribution < -0.4 is 16.6 Å². The Hall–Kier alpha value is -2.08. The Bertz CT molecular complexity index is 783. The number of phenols is 1. The number of rotatable bonds is 1. The van der Waals surface area contributed by atoms with E-state index in [1.54, 1.807) is 13.1 Å². The Labute approximate surface area is 121 Å². The minimum Gasteiger partial charge on any atom is -0.508 e. The van der Waals surface area contributed by atoms with Gasteiger partial charge in [-0.3, -0.25) is 13.9 Å². The van der Waals surface area contributed by atoms with Gasteiger partial charge in [0, 0.05) is 19.7 Å². The molecule has 1 fully saturated rings. The molecule has 1 atom stereocenters. The van der Waals surface area contributed by atoms with Crippen molar-refractivity contribution < 1.29 is 5.11 Å². The third kappa shape index (κ3) is 2.35. The molecule has 6 nitrogen and oxygen atoms in total. The Morgan fingerprint density at radius 2 is 2.10 bits per heavy atom. The number of fused-ring (bicyclic) bond motifs is 1. The lowest BCUT2D eigenvalue weighted by Crippen LogP contribution is -2.43. The van der Waals surface area contributed by atoms with Gasteiger partial charge in [-0.05, 0) is 31.5 Å². The largest absolute Gasteiger partial charge is 0.508 e. The number of aromatic nitrogens is 2. The minimum absolute atomic E-state index is 0.0470. The SMILES string of the molecule is Cn1c(=O)n(C2CCCCNC2)c(=O)c2ccc(O)cc21. The summed E-state index contributed by atoms with van der Waals surface area (Å²) in [5.74, 6) is 0.0470. The van der Waals surface area contributed by atoms with Gasteiger partial charge in [0.25, 0.3) is 5.56 Å². The molecule has 0 aliphatic carbocycles. The summed E-state index contributed by atoms with van der Waals surface area (Å²) in [6, 6.07) is 4.39. The van der Waals surface area contributed by atoms with Crippen LogP contribution in [0.2, 0.25) is 0 Å². The van der Waals surface area contributed by atoms with E-state index in [0.717, 1.165) is 25.8 Å². The average Bonchev–Trinajstić information content (AvgIpc) is 2.74. The quantitative estimate of drug-likeness (QED) is 0.811. The second-order valence-corrected chi connectivity index (χ2v) is 5.57. The third-order valence-corrected chi connectivity index (χ3v) is 4.17. The Balaban J connectivity index is 2.26. The molecule has 1 aromatic heterocycles. The van der Waals surface area contributed by atoms with Crippen molar-refractivity contribution in [3.63, 3.8) is 0 Å². The van der Waals surface area contributed by atoms with Crippen LogP contribution in [0.15, 0.2) is 27.8 Å². The van der Waals surface area contributed by atoms with E-state index in [9.17, 15) is 14.7 Å². The molecule has 1 aliphatic heterocycles. The van der Waals surface area contributed by atoms with Gasteiger partial charge >= 0.3 is 5.69 Å². The van der Waals surface area contributed by atoms with E-state index in [2.05, 4.69) is 5.32 Å². The smallest absolute Gasteiger partial charge is 0.331 e. The van der Waals surface area contributed by atoms with Gasteiger partial charge in [0.05, 0.1) is 16.9 Å². The van der Waals surface area contributed by atoms with Gasteiger partial charge < -0.3 is 10.4 Å². The predicted molar refractivity (Wildman–Crippen MR) is 80.9 cm³/mol. The Morgan fingerprint density at radius 3 is 2.90 bits per heavy atom. The van der Waals surface area contributed by atoms with Crippen LogP contribution in [0, 0.1) is 0 Å². The number of nitrogens with one attached hydrogen (secondary N) is 1. The zero-order valence-electron chi connectivity index (χ0n) is 12.0. The number of phenolic OH excluding ortho intramolecular Hbond substituents is 1. The van der Waals surface area contributed by atoms with Crippen molar-refractivity contribution in [2.45, 2.75) is 25.3 Å². The van der Waals surface area contributed by atoms with Crippen LogP contribution in [0.3, 0.4) is 0 Å². The third-order valence-electron chi connectivity index (χ3n) is 4.17. The van der Waals surface area contributed by atoms with Crippen molar-refractivity contribution in [2.75, 3.05) is 13.1 Å². The molecule has 21 heavy (non-hydrogen) atoms. The first-order valence-electron chi connectivity index (χ1n) is 7.24. The second-order valence-electron chi connectivity index (χ2n) is 5.57. The zero-order valence-corrected chi connectivity index (χ0v) is 12.0. The zero-order chi connectivity index (χ0) is 15.0. The highest BCUT2D eigenvalue weighted by Gasteiger charge is 2.20. The van der Waals surface area contributed by atoms with Gasteiger partial charge in [-0.25, -0.2) is 4.79 Å². The van der Waals surface area contributed by atoms with E-state index in [0.29, 0.717) is 17.4 Å². The molecule has 0 bridgehead atoms. The molecule has 0 spiro atoms. The van der Waals surface area contributed by atoms with Crippen LogP contribution >= 0.6 is 0 Å². The lowest BCUT2D eigenvalue weighted by atomic mass is 10.1. The normalized spacial score (nSPS) is 19.6. The van der Waals surface area contributed by atoms with Gasteiger partial charge in [-0.15, -0.1) is 0 Å². The monoisotopic (exact) mass is 289 g/mol. The van der Waals surface area contributed by atoms with Crippen LogP contribution in [-0.4, -0.2) is 27.3 Å². The van der Waals surface area contributed by atoms with E-state index >= 15 is 0 Å². The standard InChI is InChI=1S/C15H19N3O3/c1-17-13-8-11(19)5-6-12(13)14(20)18(15(17)21)10-4-2-3-7-16-9-10/h5-6,8,10,16,19H,2-4,7,9H2,1H3. The minimum atomic E-state index is -0.327. The first-order chi connectivity index (χ1) is 10.1. The molecule has 2 aromatic rings. The lowest BCUT2D eigenvalue weighted by molar-refractivity contribution is 0.426. The number of benzene rings is 1. The summed E-state index contributed by atoms with van der Waals surface area (Å²) in [6.07, 6.45) is 2.89. The molecule has 1 aromatic carbocycles. The van der Waals surface area contributed by atoms with Crippen LogP contribution in [0.5, 0.6) is 5.75 Å². The molecule has 0 radical (unpaired) electrons. The molecule has 0 amide bonds. The van der Waals surface area contributed by atoms with Crippen molar-refractivity contribution >= 4 is 10.9 Å². The summed E-state index contributed by atoms with van der Waals surface area (Å²) in [4.78, 5) is 25.2. The van der Waals surface area contributed by atoms with Crippen LogP contribution in [0.25, 0.3) is 10.9 Å². The van der Waals surface area contributed by atoms with Gasteiger partial charge in [-0.2, -0.15) is 0 Å². The van der Waals surface area contributed by atoms with E-state index < -0.39 is 0 Å². The number of nitrogens with zero attached hydrogens (tertiary/aromatic N) is 2. The predicted octanol–water partition coefficient (Wildman–Crippen LogP) is 0.720. The number of hydrogen-bond donors (Lipinski definition) is 2. The van der Waals surface area contributed by atoms with Gasteiger partial charge in [0.2, 0.25) is 0 Å². The summed E-state index contributed by atoms with van der Waals surface area (Å²) >= 11 is 0. The molecule has 1 unspecified atom stereocenters. The van der Waals surface area contributed by atoms with Crippen LogP contribution in [0.1, 0.15) is 25.3 Å². The number of aromatic hydroxyl groups is 1. The molecule has 6 heteroatoms. The van der Waals surface area contributed by atoms with Gasteiger partial charge in [0.15, 0.2) is 0 Å². The number of hydrogen-bond acceptors (Lipinski definition) is 4. The molecule has 3 rings (SSSR count). The second kappa shape index (κ2) is 5.37. The first-order valence-corrected chi connectivity index (χ1v) is 7.24. The van der Waals surface area contributed by atoms with Gasteiger partial charge in [0.1, 0.15) is 5.75 Å². The van der Waals surface area contributed by atoms with Crippen molar-refractivity contribution in [1.82, 2.24) is 14.5 Å².